The molecule has 0 spiro atoms. The Morgan fingerprint density at radius 2 is 1.44 bits per heavy atom. The number of ether oxygens (including phenoxy) is 6. The normalized spacial score (nSPS) is 22.3. The Hall–Kier alpha value is -1.81. The van der Waals surface area contributed by atoms with Gasteiger partial charge in [-0.2, -0.15) is 0 Å². The van der Waals surface area contributed by atoms with Gasteiger partial charge in [-0.25, -0.2) is 4.79 Å². The highest BCUT2D eigenvalue weighted by molar-refractivity contribution is 6.08. The van der Waals surface area contributed by atoms with Crippen LogP contribution in [-0.2, 0) is 38.0 Å². The van der Waals surface area contributed by atoms with Crippen LogP contribution in [0.2, 0.25) is 0 Å². The van der Waals surface area contributed by atoms with E-state index in [1.165, 1.54) is 28.4 Å². The van der Waals surface area contributed by atoms with E-state index < -0.39 is 36.4 Å². The van der Waals surface area contributed by atoms with Gasteiger partial charge >= 0.3 is 11.9 Å². The van der Waals surface area contributed by atoms with Gasteiger partial charge in [-0.05, 0) is 32.6 Å². The lowest BCUT2D eigenvalue weighted by molar-refractivity contribution is -0.149. The molecular formula is C23H37NO8. The fourth-order valence-corrected chi connectivity index (χ4v) is 4.78. The molecule has 9 nitrogen and oxygen atoms in total. The molecule has 0 N–H and O–H groups in total. The molecule has 9 heteroatoms. The minimum absolute atomic E-state index is 0.0572. The van der Waals surface area contributed by atoms with Gasteiger partial charge in [0.1, 0.15) is 11.6 Å². The Balaban J connectivity index is 2.79. The molecule has 182 valence electrons. The molecule has 1 heterocycles. The van der Waals surface area contributed by atoms with E-state index in [4.69, 9.17) is 28.4 Å². The molecule has 2 atom stereocenters. The number of aliphatic imine (C=N–C) groups is 1. The van der Waals surface area contributed by atoms with Crippen LogP contribution in [0.15, 0.2) is 16.3 Å². The molecule has 1 fully saturated rings. The number of methoxy groups -OCH3 is 4. The van der Waals surface area contributed by atoms with Gasteiger partial charge < -0.3 is 28.4 Å². The van der Waals surface area contributed by atoms with Gasteiger partial charge in [0.2, 0.25) is 6.29 Å². The number of nitrogens with zero attached hydrogens (tertiary/aromatic N) is 1. The highest BCUT2D eigenvalue weighted by Crippen LogP contribution is 2.45. The number of hydrogen-bond acceptors (Lipinski definition) is 9. The van der Waals surface area contributed by atoms with E-state index in [0.29, 0.717) is 11.3 Å². The minimum atomic E-state index is -0.923. The third kappa shape index (κ3) is 5.75. The van der Waals surface area contributed by atoms with Gasteiger partial charge in [-0.1, -0.05) is 19.3 Å². The Kier molecular flexibility index (Phi) is 10.8. The zero-order valence-corrected chi connectivity index (χ0v) is 20.0. The molecule has 32 heavy (non-hydrogen) atoms. The molecule has 0 bridgehead atoms. The fraction of sp³-hybridized carbons (Fsp3) is 0.783. The van der Waals surface area contributed by atoms with Crippen molar-refractivity contribution >= 4 is 17.7 Å². The number of esters is 2. The Morgan fingerprint density at radius 1 is 0.875 bits per heavy atom. The Morgan fingerprint density at radius 3 is 1.94 bits per heavy atom. The van der Waals surface area contributed by atoms with Crippen molar-refractivity contribution in [2.45, 2.75) is 58.5 Å². The van der Waals surface area contributed by atoms with Gasteiger partial charge in [0.15, 0.2) is 6.29 Å². The molecule has 0 radical (unpaired) electrons. The lowest BCUT2D eigenvalue weighted by atomic mass is 9.67. The third-order valence-corrected chi connectivity index (χ3v) is 6.05. The first-order chi connectivity index (χ1) is 15.5. The van der Waals surface area contributed by atoms with Crippen molar-refractivity contribution in [1.29, 1.82) is 0 Å². The molecule has 1 aliphatic carbocycles. The summed E-state index contributed by atoms with van der Waals surface area (Å²) in [7, 11) is 5.89. The van der Waals surface area contributed by atoms with Crippen LogP contribution in [-0.4, -0.2) is 71.9 Å². The molecule has 2 unspecified atom stereocenters. The maximum Gasteiger partial charge on any atom is 0.336 e. The molecule has 1 saturated carbocycles. The monoisotopic (exact) mass is 455 g/mol. The lowest BCUT2D eigenvalue weighted by Gasteiger charge is -2.40. The van der Waals surface area contributed by atoms with E-state index in [0.717, 1.165) is 32.1 Å². The highest BCUT2D eigenvalue weighted by Gasteiger charge is 2.50. The van der Waals surface area contributed by atoms with Crippen LogP contribution in [0, 0.1) is 17.8 Å². The topological polar surface area (TPSA) is 102 Å². The van der Waals surface area contributed by atoms with Crippen molar-refractivity contribution in [3.63, 3.8) is 0 Å². The van der Waals surface area contributed by atoms with E-state index >= 15 is 0 Å². The summed E-state index contributed by atoms with van der Waals surface area (Å²) in [4.78, 5) is 31.2. The molecule has 0 aromatic rings. The molecule has 2 rings (SSSR count). The number of carbonyl (C=O) groups excluding carboxylic acids is 2. The van der Waals surface area contributed by atoms with Gasteiger partial charge in [0, 0.05) is 34.4 Å². The second-order valence-corrected chi connectivity index (χ2v) is 7.82. The maximum atomic E-state index is 13.3. The third-order valence-electron chi connectivity index (χ3n) is 6.05. The molecule has 0 amide bonds. The largest absolute Gasteiger partial charge is 0.465 e. The first-order valence-corrected chi connectivity index (χ1v) is 11.3. The lowest BCUT2D eigenvalue weighted by Crippen LogP contribution is -2.48. The summed E-state index contributed by atoms with van der Waals surface area (Å²) >= 11 is 0. The van der Waals surface area contributed by atoms with E-state index in [-0.39, 0.29) is 24.8 Å². The standard InChI is InChI=1S/C23H37NO8/c1-7-31-20(25)16-15(14-12-10-9-11-13-14)17(21(26)32-8-2)19(23(29-5)30-6)24-18(16)22(27-3)28-4/h14-16,22-23H,7-13H2,1-6H3. The van der Waals surface area contributed by atoms with E-state index in [2.05, 4.69) is 4.99 Å². The predicted molar refractivity (Wildman–Crippen MR) is 117 cm³/mol. The summed E-state index contributed by atoms with van der Waals surface area (Å²) in [5.74, 6) is -2.30. The van der Waals surface area contributed by atoms with E-state index in [9.17, 15) is 9.59 Å². The molecular weight excluding hydrogens is 418 g/mol. The van der Waals surface area contributed by atoms with Crippen molar-refractivity contribution < 1.29 is 38.0 Å². The number of carbonyl (C=O) groups is 2. The summed E-state index contributed by atoms with van der Waals surface area (Å²) in [5, 5.41) is 0. The fourth-order valence-electron chi connectivity index (χ4n) is 4.78. The predicted octanol–water partition coefficient (Wildman–Crippen LogP) is 2.87. The molecule has 2 aliphatic rings. The summed E-state index contributed by atoms with van der Waals surface area (Å²) in [6, 6.07) is 0. The Labute approximate surface area is 190 Å². The van der Waals surface area contributed by atoms with Crippen molar-refractivity contribution in [3.05, 3.63) is 11.3 Å². The maximum absolute atomic E-state index is 13.3. The summed E-state index contributed by atoms with van der Waals surface area (Å²) in [6.07, 6.45) is 3.09. The van der Waals surface area contributed by atoms with Gasteiger partial charge in [0.25, 0.3) is 0 Å². The van der Waals surface area contributed by atoms with Crippen LogP contribution >= 0.6 is 0 Å². The van der Waals surface area contributed by atoms with Crippen molar-refractivity contribution in [2.24, 2.45) is 22.7 Å². The van der Waals surface area contributed by atoms with Crippen molar-refractivity contribution in [3.8, 4) is 0 Å². The second-order valence-electron chi connectivity index (χ2n) is 7.82. The smallest absolute Gasteiger partial charge is 0.336 e. The zero-order valence-electron chi connectivity index (χ0n) is 20.0. The van der Waals surface area contributed by atoms with Crippen LogP contribution in [0.25, 0.3) is 0 Å². The second kappa shape index (κ2) is 13.0. The first-order valence-electron chi connectivity index (χ1n) is 11.3. The van der Waals surface area contributed by atoms with Gasteiger partial charge in [-0.15, -0.1) is 0 Å². The zero-order chi connectivity index (χ0) is 23.7. The summed E-state index contributed by atoms with van der Waals surface area (Å²) in [6.45, 7) is 3.88. The van der Waals surface area contributed by atoms with E-state index in [1.807, 2.05) is 0 Å². The molecule has 1 aliphatic heterocycles. The van der Waals surface area contributed by atoms with Crippen LogP contribution in [0.1, 0.15) is 46.0 Å². The van der Waals surface area contributed by atoms with Crippen molar-refractivity contribution in [1.82, 2.24) is 0 Å². The number of rotatable bonds is 11. The average Bonchev–Trinajstić information content (AvgIpc) is 2.81. The van der Waals surface area contributed by atoms with Crippen LogP contribution in [0.4, 0.5) is 0 Å². The average molecular weight is 456 g/mol. The molecule has 0 aromatic heterocycles. The SMILES string of the molecule is CCOC(=O)C1=C(C(OC)OC)N=C(C(OC)OC)C(C(=O)OCC)C1C1CCCCC1. The van der Waals surface area contributed by atoms with Crippen LogP contribution < -0.4 is 0 Å². The van der Waals surface area contributed by atoms with Crippen LogP contribution in [0.5, 0.6) is 0 Å². The molecule has 0 aromatic carbocycles. The summed E-state index contributed by atoms with van der Waals surface area (Å²) < 4.78 is 32.8. The van der Waals surface area contributed by atoms with Gasteiger partial charge in [-0.3, -0.25) is 9.79 Å². The van der Waals surface area contributed by atoms with Crippen LogP contribution in [0.3, 0.4) is 0 Å². The number of hydrogen-bond donors (Lipinski definition) is 0. The van der Waals surface area contributed by atoms with Gasteiger partial charge in [0.05, 0.1) is 24.5 Å². The Bertz CT molecular complexity index is 690. The van der Waals surface area contributed by atoms with Crippen molar-refractivity contribution in [2.75, 3.05) is 41.7 Å². The highest BCUT2D eigenvalue weighted by atomic mass is 16.7. The quantitative estimate of drug-likeness (QED) is 0.346. The summed E-state index contributed by atoms with van der Waals surface area (Å²) in [5.41, 5.74) is 0.921. The van der Waals surface area contributed by atoms with E-state index in [1.54, 1.807) is 13.8 Å². The minimum Gasteiger partial charge on any atom is -0.465 e. The first kappa shape index (κ1) is 26.4. The molecule has 0 saturated heterocycles.